The molecule has 0 fully saturated rings. The Morgan fingerprint density at radius 1 is 0.950 bits per heavy atom. The third kappa shape index (κ3) is 3.91. The Balaban J connectivity index is 1.22. The lowest BCUT2D eigenvalue weighted by molar-refractivity contribution is 0.466. The Bertz CT molecular complexity index is 2100. The molecule has 1 aliphatic heterocycles. The molecule has 8 heteroatoms. The van der Waals surface area contributed by atoms with Crippen molar-refractivity contribution in [3.05, 3.63) is 139 Å². The van der Waals surface area contributed by atoms with Crippen molar-refractivity contribution in [2.75, 3.05) is 0 Å². The van der Waals surface area contributed by atoms with Gasteiger partial charge in [0.05, 0.1) is 27.3 Å². The van der Waals surface area contributed by atoms with Crippen molar-refractivity contribution >= 4 is 45.9 Å². The van der Waals surface area contributed by atoms with Crippen LogP contribution < -0.4 is 14.9 Å². The highest BCUT2D eigenvalue weighted by Gasteiger charge is 2.32. The first kappa shape index (κ1) is 23.5. The molecule has 0 radical (unpaired) electrons. The second-order valence-electron chi connectivity index (χ2n) is 9.84. The van der Waals surface area contributed by atoms with Gasteiger partial charge in [0.2, 0.25) is 0 Å². The maximum atomic E-state index is 13.9. The van der Waals surface area contributed by atoms with Crippen LogP contribution in [0.5, 0.6) is 0 Å². The predicted octanol–water partition coefficient (Wildman–Crippen LogP) is 5.94. The van der Waals surface area contributed by atoms with Gasteiger partial charge in [-0.2, -0.15) is 0 Å². The van der Waals surface area contributed by atoms with Crippen LogP contribution in [0.25, 0.3) is 22.8 Å². The van der Waals surface area contributed by atoms with Crippen molar-refractivity contribution < 1.29 is 4.42 Å². The van der Waals surface area contributed by atoms with Gasteiger partial charge < -0.3 is 9.40 Å². The van der Waals surface area contributed by atoms with Crippen LogP contribution in [0.3, 0.4) is 0 Å². The number of para-hydroxylation sites is 2. The zero-order valence-corrected chi connectivity index (χ0v) is 22.8. The molecular weight excluding hydrogens is 537 g/mol. The van der Waals surface area contributed by atoms with E-state index in [1.807, 2.05) is 65.2 Å². The molecule has 194 valence electrons. The molecule has 0 saturated carbocycles. The molecule has 2 aliphatic rings. The lowest BCUT2D eigenvalue weighted by Gasteiger charge is -2.30. The molecule has 6 aromatic rings. The summed E-state index contributed by atoms with van der Waals surface area (Å²) in [5.74, 6) is 0.620. The van der Waals surface area contributed by atoms with Crippen LogP contribution in [0.1, 0.15) is 34.9 Å². The minimum atomic E-state index is -0.182. The Morgan fingerprint density at radius 3 is 2.67 bits per heavy atom. The highest BCUT2D eigenvalue weighted by atomic mass is 32.2. The minimum absolute atomic E-state index is 0.0501. The van der Waals surface area contributed by atoms with Crippen molar-refractivity contribution in [1.29, 1.82) is 0 Å². The SMILES string of the molecule is O=c1/c(=C/c2ccc(Sc3nc4ccccc4[nH]3)o2)sc2n1[C@H](c1ccccc1)C1=C(N=2)c2ccccc2CC1. The molecule has 0 unspecified atom stereocenters. The molecule has 3 aromatic heterocycles. The first-order chi connectivity index (χ1) is 19.7. The number of aromatic amines is 1. The molecule has 0 bridgehead atoms. The molecule has 0 spiro atoms. The third-order valence-corrected chi connectivity index (χ3v) is 9.22. The lowest BCUT2D eigenvalue weighted by Crippen LogP contribution is -2.38. The summed E-state index contributed by atoms with van der Waals surface area (Å²) in [6.45, 7) is 0. The molecule has 1 atom stereocenters. The van der Waals surface area contributed by atoms with Gasteiger partial charge >= 0.3 is 0 Å². The Kier molecular flexibility index (Phi) is 5.50. The third-order valence-electron chi connectivity index (χ3n) is 7.43. The summed E-state index contributed by atoms with van der Waals surface area (Å²) in [4.78, 5) is 27.6. The summed E-state index contributed by atoms with van der Waals surface area (Å²) in [6, 6.07) is 30.3. The number of hydrogen-bond donors (Lipinski definition) is 1. The van der Waals surface area contributed by atoms with Crippen LogP contribution in [0.4, 0.5) is 0 Å². The molecule has 8 rings (SSSR count). The van der Waals surface area contributed by atoms with Crippen molar-refractivity contribution in [3.8, 4) is 0 Å². The highest BCUT2D eigenvalue weighted by Crippen LogP contribution is 2.41. The zero-order valence-electron chi connectivity index (χ0n) is 21.2. The number of nitrogens with zero attached hydrogens (tertiary/aromatic N) is 3. The number of furan rings is 1. The van der Waals surface area contributed by atoms with Crippen LogP contribution in [0.15, 0.2) is 121 Å². The molecule has 40 heavy (non-hydrogen) atoms. The fourth-order valence-electron chi connectivity index (χ4n) is 5.63. The van der Waals surface area contributed by atoms with Gasteiger partial charge in [-0.25, -0.2) is 9.98 Å². The Labute approximate surface area is 237 Å². The van der Waals surface area contributed by atoms with Crippen molar-refractivity contribution in [3.63, 3.8) is 0 Å². The van der Waals surface area contributed by atoms with E-state index in [1.54, 1.807) is 0 Å². The van der Waals surface area contributed by atoms with Crippen LogP contribution in [0.2, 0.25) is 0 Å². The van der Waals surface area contributed by atoms with Gasteiger partial charge in [-0.15, -0.1) is 0 Å². The number of fused-ring (bicyclic) bond motifs is 4. The average Bonchev–Trinajstić information content (AvgIpc) is 3.69. The first-order valence-corrected chi connectivity index (χ1v) is 14.7. The van der Waals surface area contributed by atoms with E-state index in [1.165, 1.54) is 39.8 Å². The number of nitrogens with one attached hydrogen (secondary N) is 1. The minimum Gasteiger partial charge on any atom is -0.450 e. The average molecular weight is 559 g/mol. The van der Waals surface area contributed by atoms with Crippen molar-refractivity contribution in [2.24, 2.45) is 4.99 Å². The standard InChI is InChI=1S/C32H22N4O2S2/c37-30-26(18-21-15-17-27(38-21)40-31-33-24-12-6-7-13-25(24)34-31)39-32-35-28-22-11-5-4-8-19(22)14-16-23(28)29(36(30)32)20-9-2-1-3-10-20/h1-13,15,17-18,29H,14,16H2,(H,33,34)/b26-18-/t29-/m1/s1. The monoisotopic (exact) mass is 558 g/mol. The molecular formula is C32H22N4O2S2. The van der Waals surface area contributed by atoms with E-state index in [4.69, 9.17) is 9.41 Å². The molecule has 3 aromatic carbocycles. The quantitative estimate of drug-likeness (QED) is 0.291. The summed E-state index contributed by atoms with van der Waals surface area (Å²) in [7, 11) is 0. The fraction of sp³-hybridized carbons (Fsp3) is 0.0938. The van der Waals surface area contributed by atoms with Gasteiger partial charge in [-0.1, -0.05) is 78.1 Å². The van der Waals surface area contributed by atoms with E-state index < -0.39 is 0 Å². The van der Waals surface area contributed by atoms with Gasteiger partial charge in [-0.05, 0) is 65.6 Å². The van der Waals surface area contributed by atoms with Gasteiger partial charge in [0.1, 0.15) is 5.76 Å². The molecule has 4 heterocycles. The van der Waals surface area contributed by atoms with Crippen molar-refractivity contribution in [2.45, 2.75) is 29.1 Å². The number of rotatable bonds is 4. The topological polar surface area (TPSA) is 76.2 Å². The number of hydrogen-bond acceptors (Lipinski definition) is 6. The summed E-state index contributed by atoms with van der Waals surface area (Å²) in [6.07, 6.45) is 3.64. The van der Waals surface area contributed by atoms with Gasteiger partial charge in [-0.3, -0.25) is 9.36 Å². The van der Waals surface area contributed by atoms with E-state index in [2.05, 4.69) is 46.4 Å². The van der Waals surface area contributed by atoms with Gasteiger partial charge in [0.15, 0.2) is 15.1 Å². The first-order valence-electron chi connectivity index (χ1n) is 13.1. The van der Waals surface area contributed by atoms with Crippen molar-refractivity contribution in [1.82, 2.24) is 14.5 Å². The number of allylic oxidation sites excluding steroid dienone is 1. The number of thiazole rings is 1. The maximum Gasteiger partial charge on any atom is 0.271 e. The summed E-state index contributed by atoms with van der Waals surface area (Å²) in [5, 5.41) is 1.46. The van der Waals surface area contributed by atoms with Crippen LogP contribution >= 0.6 is 23.1 Å². The molecule has 1 aliphatic carbocycles. The van der Waals surface area contributed by atoms with E-state index >= 15 is 0 Å². The second kappa shape index (κ2) is 9.36. The van der Waals surface area contributed by atoms with Crippen LogP contribution in [0, 0.1) is 0 Å². The van der Waals surface area contributed by atoms with Gasteiger partial charge in [0.25, 0.3) is 5.56 Å². The summed E-state index contributed by atoms with van der Waals surface area (Å²) < 4.78 is 8.56. The molecule has 1 N–H and O–H groups in total. The molecule has 6 nitrogen and oxygen atoms in total. The fourth-order valence-corrected chi connectivity index (χ4v) is 7.38. The van der Waals surface area contributed by atoms with Gasteiger partial charge in [0, 0.05) is 11.6 Å². The maximum absolute atomic E-state index is 13.9. The predicted molar refractivity (Wildman–Crippen MR) is 158 cm³/mol. The molecule has 0 amide bonds. The largest absolute Gasteiger partial charge is 0.450 e. The number of H-pyrrole nitrogens is 1. The second-order valence-corrected chi connectivity index (χ2v) is 11.8. The zero-order chi connectivity index (χ0) is 26.6. The Hall–Kier alpha value is -4.40. The lowest BCUT2D eigenvalue weighted by atomic mass is 9.83. The number of aryl methyl sites for hydroxylation is 1. The smallest absolute Gasteiger partial charge is 0.271 e. The molecule has 0 saturated heterocycles. The summed E-state index contributed by atoms with van der Waals surface area (Å²) in [5.41, 5.74) is 7.62. The number of aromatic nitrogens is 3. The van der Waals surface area contributed by atoms with Crippen LogP contribution in [-0.2, 0) is 6.42 Å². The van der Waals surface area contributed by atoms with Crippen LogP contribution in [-0.4, -0.2) is 14.5 Å². The van der Waals surface area contributed by atoms with E-state index in [9.17, 15) is 4.79 Å². The van der Waals surface area contributed by atoms with E-state index in [-0.39, 0.29) is 11.6 Å². The normalized spacial score (nSPS) is 16.5. The summed E-state index contributed by atoms with van der Waals surface area (Å²) >= 11 is 2.83. The highest BCUT2D eigenvalue weighted by molar-refractivity contribution is 7.99. The van der Waals surface area contributed by atoms with E-state index in [0.717, 1.165) is 40.3 Å². The van der Waals surface area contributed by atoms with E-state index in [0.29, 0.717) is 20.2 Å². The number of imidazole rings is 1. The number of benzene rings is 3. The Morgan fingerprint density at radius 2 is 1.77 bits per heavy atom.